The average Bonchev–Trinajstić information content (AvgIpc) is 2.40. The van der Waals surface area contributed by atoms with Gasteiger partial charge in [-0.1, -0.05) is 6.92 Å². The summed E-state index contributed by atoms with van der Waals surface area (Å²) in [7, 11) is 0. The lowest BCUT2D eigenvalue weighted by molar-refractivity contribution is 0.0992. The number of rotatable bonds is 4. The molecule has 2 nitrogen and oxygen atoms in total. The molecule has 2 fully saturated rings. The van der Waals surface area contributed by atoms with E-state index in [1.807, 2.05) is 0 Å². The zero-order valence-electron chi connectivity index (χ0n) is 13.6. The van der Waals surface area contributed by atoms with E-state index in [0.29, 0.717) is 0 Å². The fraction of sp³-hybridized carbons (Fsp3) is 1.00. The lowest BCUT2D eigenvalue weighted by atomic mass is 9.88. The Morgan fingerprint density at radius 3 is 1.89 bits per heavy atom. The molecular weight excluding hydrogens is 232 g/mol. The molecule has 0 aromatic heterocycles. The first kappa shape index (κ1) is 15.3. The number of piperidine rings is 2. The molecule has 0 N–H and O–H groups in total. The zero-order valence-corrected chi connectivity index (χ0v) is 13.6. The number of likely N-dealkylation sites (tertiary alicyclic amines) is 2. The van der Waals surface area contributed by atoms with Crippen LogP contribution in [0.2, 0.25) is 0 Å². The molecule has 0 bridgehead atoms. The van der Waals surface area contributed by atoms with E-state index in [1.54, 1.807) is 0 Å². The molecule has 19 heavy (non-hydrogen) atoms. The minimum absolute atomic E-state index is 0.738. The lowest BCUT2D eigenvalue weighted by Gasteiger charge is -2.39. The van der Waals surface area contributed by atoms with Gasteiger partial charge in [0.25, 0.3) is 0 Å². The summed E-state index contributed by atoms with van der Waals surface area (Å²) < 4.78 is 0. The number of nitrogens with zero attached hydrogens (tertiary/aromatic N) is 2. The van der Waals surface area contributed by atoms with Crippen molar-refractivity contribution in [3.63, 3.8) is 0 Å². The van der Waals surface area contributed by atoms with Gasteiger partial charge in [-0.15, -0.1) is 0 Å². The van der Waals surface area contributed by atoms with Crippen LogP contribution in [-0.4, -0.2) is 48.1 Å². The minimum Gasteiger partial charge on any atom is -0.301 e. The second-order valence-corrected chi connectivity index (χ2v) is 7.38. The SMILES string of the molecule is CC1CCN(C(C)CC2CCN(C(C)C)CC2)CC1. The molecule has 0 saturated carbocycles. The van der Waals surface area contributed by atoms with Crippen molar-refractivity contribution in [1.82, 2.24) is 9.80 Å². The summed E-state index contributed by atoms with van der Waals surface area (Å²) in [5, 5.41) is 0. The Balaban J connectivity index is 1.70. The predicted octanol–water partition coefficient (Wildman–Crippen LogP) is 3.62. The van der Waals surface area contributed by atoms with E-state index in [0.717, 1.165) is 23.9 Å². The van der Waals surface area contributed by atoms with Gasteiger partial charge in [-0.3, -0.25) is 0 Å². The number of hydrogen-bond donors (Lipinski definition) is 0. The first-order chi connectivity index (χ1) is 9.06. The fourth-order valence-corrected chi connectivity index (χ4v) is 3.81. The van der Waals surface area contributed by atoms with Crippen molar-refractivity contribution in [3.05, 3.63) is 0 Å². The van der Waals surface area contributed by atoms with Crippen LogP contribution >= 0.6 is 0 Å². The van der Waals surface area contributed by atoms with E-state index >= 15 is 0 Å². The third-order valence-corrected chi connectivity index (χ3v) is 5.50. The van der Waals surface area contributed by atoms with Crippen LogP contribution in [0, 0.1) is 11.8 Å². The molecule has 0 radical (unpaired) electrons. The lowest BCUT2D eigenvalue weighted by Crippen LogP contribution is -2.43. The van der Waals surface area contributed by atoms with Gasteiger partial charge in [0.15, 0.2) is 0 Å². The molecule has 0 spiro atoms. The Morgan fingerprint density at radius 2 is 1.37 bits per heavy atom. The first-order valence-electron chi connectivity index (χ1n) is 8.54. The van der Waals surface area contributed by atoms with Crippen LogP contribution in [0.15, 0.2) is 0 Å². The van der Waals surface area contributed by atoms with Crippen LogP contribution in [0.5, 0.6) is 0 Å². The Hall–Kier alpha value is -0.0800. The summed E-state index contributed by atoms with van der Waals surface area (Å²) in [5.74, 6) is 1.93. The van der Waals surface area contributed by atoms with Crippen molar-refractivity contribution >= 4 is 0 Å². The van der Waals surface area contributed by atoms with Crippen LogP contribution in [-0.2, 0) is 0 Å². The van der Waals surface area contributed by atoms with Crippen LogP contribution in [0.1, 0.15) is 59.8 Å². The summed E-state index contributed by atoms with van der Waals surface area (Å²) >= 11 is 0. The van der Waals surface area contributed by atoms with Gasteiger partial charge in [0.1, 0.15) is 0 Å². The molecule has 0 aromatic carbocycles. The Morgan fingerprint density at radius 1 is 0.842 bits per heavy atom. The molecule has 2 aliphatic rings. The summed E-state index contributed by atoms with van der Waals surface area (Å²) in [4.78, 5) is 5.39. The monoisotopic (exact) mass is 266 g/mol. The largest absolute Gasteiger partial charge is 0.301 e. The molecule has 2 heteroatoms. The quantitative estimate of drug-likeness (QED) is 0.767. The maximum absolute atomic E-state index is 2.74. The summed E-state index contributed by atoms with van der Waals surface area (Å²) in [5.41, 5.74) is 0. The molecule has 1 unspecified atom stereocenters. The van der Waals surface area contributed by atoms with E-state index in [9.17, 15) is 0 Å². The van der Waals surface area contributed by atoms with Gasteiger partial charge in [0.05, 0.1) is 0 Å². The summed E-state index contributed by atoms with van der Waals surface area (Å²) in [6, 6.07) is 1.55. The van der Waals surface area contributed by atoms with Crippen LogP contribution in [0.3, 0.4) is 0 Å². The summed E-state index contributed by atoms with van der Waals surface area (Å²) in [6.45, 7) is 14.9. The van der Waals surface area contributed by atoms with Gasteiger partial charge in [-0.2, -0.15) is 0 Å². The molecule has 2 aliphatic heterocycles. The van der Waals surface area contributed by atoms with Gasteiger partial charge in [-0.05, 0) is 90.9 Å². The van der Waals surface area contributed by atoms with Crippen molar-refractivity contribution in [3.8, 4) is 0 Å². The van der Waals surface area contributed by atoms with Crippen LogP contribution in [0.25, 0.3) is 0 Å². The van der Waals surface area contributed by atoms with Crippen molar-refractivity contribution < 1.29 is 0 Å². The highest BCUT2D eigenvalue weighted by atomic mass is 15.2. The molecule has 0 amide bonds. The highest BCUT2D eigenvalue weighted by molar-refractivity contribution is 4.80. The maximum atomic E-state index is 2.74. The summed E-state index contributed by atoms with van der Waals surface area (Å²) in [6.07, 6.45) is 7.10. The first-order valence-corrected chi connectivity index (χ1v) is 8.54. The maximum Gasteiger partial charge on any atom is 0.00695 e. The van der Waals surface area contributed by atoms with Gasteiger partial charge in [-0.25, -0.2) is 0 Å². The molecule has 1 atom stereocenters. The molecule has 0 aromatic rings. The predicted molar refractivity (Wildman–Crippen MR) is 83.5 cm³/mol. The van der Waals surface area contributed by atoms with Crippen molar-refractivity contribution in [2.75, 3.05) is 26.2 Å². The zero-order chi connectivity index (χ0) is 13.8. The highest BCUT2D eigenvalue weighted by Crippen LogP contribution is 2.26. The standard InChI is InChI=1S/C17H34N2/c1-14(2)18-11-7-17(8-12-18)13-16(4)19-9-5-15(3)6-10-19/h14-17H,5-13H2,1-4H3. The average molecular weight is 266 g/mol. The van der Waals surface area contributed by atoms with Crippen molar-refractivity contribution in [1.29, 1.82) is 0 Å². The van der Waals surface area contributed by atoms with E-state index < -0.39 is 0 Å². The minimum atomic E-state index is 0.738. The van der Waals surface area contributed by atoms with Crippen molar-refractivity contribution in [2.24, 2.45) is 11.8 Å². The molecule has 0 aliphatic carbocycles. The van der Waals surface area contributed by atoms with E-state index in [2.05, 4.69) is 37.5 Å². The molecular formula is C17H34N2. The normalized spacial score (nSPS) is 27.0. The van der Waals surface area contributed by atoms with Gasteiger partial charge in [0, 0.05) is 12.1 Å². The van der Waals surface area contributed by atoms with Crippen molar-refractivity contribution in [2.45, 2.75) is 71.9 Å². The van der Waals surface area contributed by atoms with E-state index in [1.165, 1.54) is 58.3 Å². The van der Waals surface area contributed by atoms with Gasteiger partial charge >= 0.3 is 0 Å². The topological polar surface area (TPSA) is 6.48 Å². The smallest absolute Gasteiger partial charge is 0.00695 e. The molecule has 2 saturated heterocycles. The Labute approximate surface area is 120 Å². The van der Waals surface area contributed by atoms with Crippen LogP contribution < -0.4 is 0 Å². The Kier molecular flexibility index (Phi) is 5.70. The van der Waals surface area contributed by atoms with E-state index in [-0.39, 0.29) is 0 Å². The number of hydrogen-bond acceptors (Lipinski definition) is 2. The fourth-order valence-electron chi connectivity index (χ4n) is 3.81. The molecule has 2 rings (SSSR count). The van der Waals surface area contributed by atoms with E-state index in [4.69, 9.17) is 0 Å². The third kappa shape index (κ3) is 4.46. The second-order valence-electron chi connectivity index (χ2n) is 7.38. The van der Waals surface area contributed by atoms with Gasteiger partial charge < -0.3 is 9.80 Å². The second kappa shape index (κ2) is 7.08. The molecule has 112 valence electrons. The highest BCUT2D eigenvalue weighted by Gasteiger charge is 2.26. The third-order valence-electron chi connectivity index (χ3n) is 5.50. The van der Waals surface area contributed by atoms with Crippen LogP contribution in [0.4, 0.5) is 0 Å². The molecule has 2 heterocycles. The van der Waals surface area contributed by atoms with Gasteiger partial charge in [0.2, 0.25) is 0 Å². The Bertz CT molecular complexity index is 248.